The zero-order valence-electron chi connectivity index (χ0n) is 17.7. The first-order valence-corrected chi connectivity index (χ1v) is 10.6. The summed E-state index contributed by atoms with van der Waals surface area (Å²) < 4.78 is 26.4. The summed E-state index contributed by atoms with van der Waals surface area (Å²) in [5.41, 5.74) is 0. The van der Waals surface area contributed by atoms with Crippen LogP contribution in [-0.4, -0.2) is 168 Å². The molecule has 0 aromatic carbocycles. The van der Waals surface area contributed by atoms with E-state index >= 15 is 0 Å². The molecule has 0 aromatic heterocycles. The molecular formula is C18H32O16. The summed E-state index contributed by atoms with van der Waals surface area (Å²) in [6.07, 6.45) is -25.1. The maximum atomic E-state index is 10.6. The van der Waals surface area contributed by atoms with Crippen molar-refractivity contribution in [3.8, 4) is 0 Å². The minimum Gasteiger partial charge on any atom is -0.394 e. The van der Waals surface area contributed by atoms with E-state index in [4.69, 9.17) is 23.7 Å². The molecule has 16 nitrogen and oxygen atoms in total. The van der Waals surface area contributed by atoms with Crippen molar-refractivity contribution >= 4 is 0 Å². The molecule has 3 heterocycles. The largest absolute Gasteiger partial charge is 0.394 e. The van der Waals surface area contributed by atoms with Crippen molar-refractivity contribution in [3.63, 3.8) is 0 Å². The molecule has 3 aliphatic rings. The van der Waals surface area contributed by atoms with E-state index in [9.17, 15) is 56.2 Å². The molecule has 0 unspecified atom stereocenters. The number of hydrogen-bond acceptors (Lipinski definition) is 16. The molecule has 15 atom stereocenters. The Hall–Kier alpha value is -0.640. The molecule has 0 radical (unpaired) electrons. The number of aliphatic hydroxyl groups is 11. The molecule has 0 spiro atoms. The maximum absolute atomic E-state index is 10.6. The van der Waals surface area contributed by atoms with E-state index in [0.717, 1.165) is 0 Å². The lowest BCUT2D eigenvalue weighted by molar-refractivity contribution is -0.377. The Bertz CT molecular complexity index is 635. The molecule has 200 valence electrons. The molecule has 3 aliphatic heterocycles. The van der Waals surface area contributed by atoms with Gasteiger partial charge in [-0.25, -0.2) is 0 Å². The Morgan fingerprint density at radius 1 is 0.441 bits per heavy atom. The van der Waals surface area contributed by atoms with Crippen LogP contribution in [0.1, 0.15) is 0 Å². The molecule has 0 aromatic rings. The molecule has 0 amide bonds. The lowest BCUT2D eigenvalue weighted by Gasteiger charge is -2.47. The van der Waals surface area contributed by atoms with Gasteiger partial charge in [0.05, 0.1) is 19.8 Å². The van der Waals surface area contributed by atoms with Gasteiger partial charge >= 0.3 is 0 Å². The highest BCUT2D eigenvalue weighted by atomic mass is 16.8. The summed E-state index contributed by atoms with van der Waals surface area (Å²) in [5, 5.41) is 109. The Labute approximate surface area is 192 Å². The first-order valence-electron chi connectivity index (χ1n) is 10.6. The van der Waals surface area contributed by atoms with E-state index in [-0.39, 0.29) is 0 Å². The Balaban J connectivity index is 1.72. The highest BCUT2D eigenvalue weighted by Crippen LogP contribution is 2.32. The third-order valence-corrected chi connectivity index (χ3v) is 6.09. The van der Waals surface area contributed by atoms with Gasteiger partial charge in [0.25, 0.3) is 0 Å². The standard InChI is InChI=1S/C18H32O16/c19-1-4-7(22)8(23)12(27)17(31-4)34-15-6(3-21)32-18(13(28)10(15)25)33-14-5(2-20)30-16(29)11(26)9(14)24/h4-29H,1-3H2/t4-,5+,6-,7-,8-,9+,10+,11+,12-,13-,14+,15+,16+,17+,18+/m1/s1. The smallest absolute Gasteiger partial charge is 0.187 e. The third-order valence-electron chi connectivity index (χ3n) is 6.09. The van der Waals surface area contributed by atoms with Crippen LogP contribution < -0.4 is 0 Å². The number of aliphatic hydroxyl groups excluding tert-OH is 11. The van der Waals surface area contributed by atoms with E-state index in [1.54, 1.807) is 0 Å². The molecule has 0 bridgehead atoms. The van der Waals surface area contributed by atoms with E-state index in [2.05, 4.69) is 0 Å². The van der Waals surface area contributed by atoms with Gasteiger partial charge in [-0.15, -0.1) is 0 Å². The van der Waals surface area contributed by atoms with Gasteiger partial charge in [0, 0.05) is 0 Å². The van der Waals surface area contributed by atoms with Gasteiger partial charge in [-0.1, -0.05) is 0 Å². The van der Waals surface area contributed by atoms with Gasteiger partial charge in [-0.05, 0) is 0 Å². The summed E-state index contributed by atoms with van der Waals surface area (Å²) in [6, 6.07) is 0. The Morgan fingerprint density at radius 3 is 1.35 bits per heavy atom. The second-order valence-electron chi connectivity index (χ2n) is 8.33. The fraction of sp³-hybridized carbons (Fsp3) is 1.00. The predicted octanol–water partition coefficient (Wildman–Crippen LogP) is -7.57. The van der Waals surface area contributed by atoms with Gasteiger partial charge in [0.15, 0.2) is 18.9 Å². The average molecular weight is 504 g/mol. The van der Waals surface area contributed by atoms with Gasteiger partial charge in [-0.3, -0.25) is 0 Å². The highest BCUT2D eigenvalue weighted by molar-refractivity contribution is 4.96. The Morgan fingerprint density at radius 2 is 0.853 bits per heavy atom. The summed E-state index contributed by atoms with van der Waals surface area (Å²) in [4.78, 5) is 0. The van der Waals surface area contributed by atoms with Crippen molar-refractivity contribution in [1.29, 1.82) is 0 Å². The van der Waals surface area contributed by atoms with Crippen LogP contribution in [0.2, 0.25) is 0 Å². The fourth-order valence-corrected chi connectivity index (χ4v) is 4.06. The van der Waals surface area contributed by atoms with E-state index in [1.165, 1.54) is 0 Å². The monoisotopic (exact) mass is 504 g/mol. The lowest BCUT2D eigenvalue weighted by Crippen LogP contribution is -2.66. The predicted molar refractivity (Wildman–Crippen MR) is 101 cm³/mol. The number of hydrogen-bond donors (Lipinski definition) is 11. The normalized spacial score (nSPS) is 52.5. The first kappa shape index (κ1) is 27.9. The molecule has 0 aliphatic carbocycles. The van der Waals surface area contributed by atoms with E-state index < -0.39 is 112 Å². The van der Waals surface area contributed by atoms with E-state index in [0.29, 0.717) is 0 Å². The zero-order valence-corrected chi connectivity index (χ0v) is 17.7. The second-order valence-corrected chi connectivity index (χ2v) is 8.33. The fourth-order valence-electron chi connectivity index (χ4n) is 4.06. The van der Waals surface area contributed by atoms with Crippen molar-refractivity contribution < 1.29 is 79.9 Å². The minimum absolute atomic E-state index is 0.741. The van der Waals surface area contributed by atoms with Crippen molar-refractivity contribution in [2.45, 2.75) is 92.1 Å². The topological polar surface area (TPSA) is 269 Å². The Kier molecular flexibility index (Phi) is 9.54. The average Bonchev–Trinajstić information content (AvgIpc) is 2.83. The van der Waals surface area contributed by atoms with Gasteiger partial charge in [0.2, 0.25) is 0 Å². The number of ether oxygens (including phenoxy) is 5. The molecular weight excluding hydrogens is 472 g/mol. The molecule has 3 fully saturated rings. The van der Waals surface area contributed by atoms with Crippen LogP contribution in [-0.2, 0) is 23.7 Å². The summed E-state index contributed by atoms with van der Waals surface area (Å²) >= 11 is 0. The van der Waals surface area contributed by atoms with Crippen LogP contribution in [0.3, 0.4) is 0 Å². The third kappa shape index (κ3) is 5.37. The molecule has 34 heavy (non-hydrogen) atoms. The van der Waals surface area contributed by atoms with Crippen LogP contribution in [0.15, 0.2) is 0 Å². The zero-order chi connectivity index (χ0) is 25.3. The molecule has 3 rings (SSSR count). The SMILES string of the molecule is OC[C@@H]1O[C@H](O)[C@@H](O)[C@H](O)[C@H]1O[C@@H]1O[C@H](CO)[C@H](O[C@@H]2O[C@H](CO)[C@@H](O)[C@@H](O)[C@H]2O)[C@@H](O)[C@H]1O. The van der Waals surface area contributed by atoms with E-state index in [1.807, 2.05) is 0 Å². The van der Waals surface area contributed by atoms with Crippen molar-refractivity contribution in [2.24, 2.45) is 0 Å². The van der Waals surface area contributed by atoms with Crippen LogP contribution in [0.5, 0.6) is 0 Å². The van der Waals surface area contributed by atoms with Gasteiger partial charge < -0.3 is 79.9 Å². The van der Waals surface area contributed by atoms with Crippen molar-refractivity contribution in [2.75, 3.05) is 19.8 Å². The van der Waals surface area contributed by atoms with Crippen LogP contribution in [0.25, 0.3) is 0 Å². The lowest BCUT2D eigenvalue weighted by atomic mass is 9.96. The highest BCUT2D eigenvalue weighted by Gasteiger charge is 2.53. The van der Waals surface area contributed by atoms with Gasteiger partial charge in [0.1, 0.15) is 73.2 Å². The molecule has 16 heteroatoms. The van der Waals surface area contributed by atoms with Gasteiger partial charge in [-0.2, -0.15) is 0 Å². The van der Waals surface area contributed by atoms with Crippen LogP contribution in [0, 0.1) is 0 Å². The number of rotatable bonds is 7. The molecule has 0 saturated carbocycles. The van der Waals surface area contributed by atoms with Crippen molar-refractivity contribution in [3.05, 3.63) is 0 Å². The van der Waals surface area contributed by atoms with Crippen LogP contribution in [0.4, 0.5) is 0 Å². The second kappa shape index (κ2) is 11.6. The molecule has 11 N–H and O–H groups in total. The van der Waals surface area contributed by atoms with Crippen molar-refractivity contribution in [1.82, 2.24) is 0 Å². The molecule has 3 saturated heterocycles. The summed E-state index contributed by atoms with van der Waals surface area (Å²) in [7, 11) is 0. The minimum atomic E-state index is -1.91. The first-order chi connectivity index (χ1) is 16.0. The van der Waals surface area contributed by atoms with Crippen LogP contribution >= 0.6 is 0 Å². The summed E-state index contributed by atoms with van der Waals surface area (Å²) in [5.74, 6) is 0. The quantitative estimate of drug-likeness (QED) is 0.154. The maximum Gasteiger partial charge on any atom is 0.187 e. The summed E-state index contributed by atoms with van der Waals surface area (Å²) in [6.45, 7) is -2.32.